The van der Waals surface area contributed by atoms with Crippen molar-refractivity contribution in [2.75, 3.05) is 13.2 Å². The first-order valence-electron chi connectivity index (χ1n) is 6.32. The summed E-state index contributed by atoms with van der Waals surface area (Å²) in [7, 11) is 0. The molecule has 0 spiro atoms. The molecule has 0 atom stereocenters. The van der Waals surface area contributed by atoms with E-state index < -0.39 is 0 Å². The fourth-order valence-electron chi connectivity index (χ4n) is 2.10. The van der Waals surface area contributed by atoms with Crippen LogP contribution in [0.5, 0.6) is 5.75 Å². The van der Waals surface area contributed by atoms with Crippen LogP contribution in [0.2, 0.25) is 0 Å². The van der Waals surface area contributed by atoms with E-state index in [0.717, 1.165) is 11.4 Å². The molecule has 2 rings (SSSR count). The maximum atomic E-state index is 14.2. The monoisotopic (exact) mass is 270 g/mol. The highest BCUT2D eigenvalue weighted by molar-refractivity contribution is 5.70. The number of likely N-dealkylation sites (N-methyl/N-ethyl adjacent to an activating group) is 1. The van der Waals surface area contributed by atoms with Crippen LogP contribution in [0.3, 0.4) is 0 Å². The van der Waals surface area contributed by atoms with Gasteiger partial charge in [0.15, 0.2) is 6.61 Å². The molecular weight excluding hydrogens is 255 g/mol. The third-order valence-electron chi connectivity index (χ3n) is 3.02. The third-order valence-corrected chi connectivity index (χ3v) is 3.02. The van der Waals surface area contributed by atoms with Crippen molar-refractivity contribution in [2.24, 2.45) is 0 Å². The van der Waals surface area contributed by atoms with E-state index in [2.05, 4.69) is 6.58 Å². The summed E-state index contributed by atoms with van der Waals surface area (Å²) in [6.45, 7) is 6.55. The van der Waals surface area contributed by atoms with E-state index >= 15 is 0 Å². The molecule has 1 heterocycles. The van der Waals surface area contributed by atoms with Crippen LogP contribution < -0.4 is 4.74 Å². The normalized spacial score (nSPS) is 13.9. The van der Waals surface area contributed by atoms with E-state index in [1.165, 1.54) is 6.07 Å². The number of halogens is 1. The Labute approximate surface area is 117 Å². The SMILES string of the molecule is C=C1C=CC=C(c2ccc(OCC#N)cc2F)N1CC. The number of hydrogen-bond donors (Lipinski definition) is 0. The van der Waals surface area contributed by atoms with Crippen molar-refractivity contribution in [1.29, 1.82) is 5.26 Å². The van der Waals surface area contributed by atoms with Crippen LogP contribution >= 0.6 is 0 Å². The number of nitrogens with zero attached hydrogens (tertiary/aromatic N) is 2. The molecule has 1 aliphatic rings. The molecule has 0 aliphatic carbocycles. The van der Waals surface area contributed by atoms with Crippen LogP contribution in [0.25, 0.3) is 5.70 Å². The summed E-state index contributed by atoms with van der Waals surface area (Å²) in [6.07, 6.45) is 5.59. The van der Waals surface area contributed by atoms with Crippen LogP contribution in [-0.4, -0.2) is 18.1 Å². The lowest BCUT2D eigenvalue weighted by Gasteiger charge is -2.29. The first-order chi connectivity index (χ1) is 9.67. The quantitative estimate of drug-likeness (QED) is 0.840. The van der Waals surface area contributed by atoms with E-state index in [0.29, 0.717) is 17.9 Å². The lowest BCUT2D eigenvalue weighted by Crippen LogP contribution is -2.21. The molecule has 102 valence electrons. The van der Waals surface area contributed by atoms with Gasteiger partial charge in [0.2, 0.25) is 0 Å². The molecular formula is C16H15FN2O. The fourth-order valence-corrected chi connectivity index (χ4v) is 2.10. The number of allylic oxidation sites excluding steroid dienone is 3. The minimum atomic E-state index is -0.381. The molecule has 20 heavy (non-hydrogen) atoms. The Bertz CT molecular complexity index is 626. The molecule has 1 aliphatic heterocycles. The summed E-state index contributed by atoms with van der Waals surface area (Å²) in [4.78, 5) is 1.94. The molecule has 0 saturated heterocycles. The summed E-state index contributed by atoms with van der Waals surface area (Å²) < 4.78 is 19.3. The van der Waals surface area contributed by atoms with Gasteiger partial charge < -0.3 is 9.64 Å². The van der Waals surface area contributed by atoms with Gasteiger partial charge in [0.25, 0.3) is 0 Å². The van der Waals surface area contributed by atoms with Crippen molar-refractivity contribution in [2.45, 2.75) is 6.92 Å². The molecule has 0 radical (unpaired) electrons. The van der Waals surface area contributed by atoms with Gasteiger partial charge in [-0.15, -0.1) is 0 Å². The van der Waals surface area contributed by atoms with E-state index in [9.17, 15) is 4.39 Å². The Balaban J connectivity index is 2.33. The van der Waals surface area contributed by atoms with Crippen molar-refractivity contribution in [3.63, 3.8) is 0 Å². The molecule has 0 fully saturated rings. The third kappa shape index (κ3) is 2.72. The minimum absolute atomic E-state index is 0.0951. The molecule has 0 N–H and O–H groups in total. The standard InChI is InChI=1S/C16H15FN2O/c1-3-19-12(2)5-4-6-16(19)14-8-7-13(11-15(14)17)20-10-9-18/h4-8,11H,2-3,10H2,1H3. The van der Waals surface area contributed by atoms with Gasteiger partial charge in [0.05, 0.1) is 5.70 Å². The van der Waals surface area contributed by atoms with Gasteiger partial charge in [-0.3, -0.25) is 0 Å². The Morgan fingerprint density at radius 2 is 2.25 bits per heavy atom. The zero-order valence-electron chi connectivity index (χ0n) is 11.3. The van der Waals surface area contributed by atoms with Crippen LogP contribution in [0.15, 0.2) is 48.7 Å². The zero-order valence-corrected chi connectivity index (χ0v) is 11.3. The molecule has 3 nitrogen and oxygen atoms in total. The summed E-state index contributed by atoms with van der Waals surface area (Å²) in [5.41, 5.74) is 2.08. The van der Waals surface area contributed by atoms with E-state index in [-0.39, 0.29) is 12.4 Å². The van der Waals surface area contributed by atoms with Gasteiger partial charge in [-0.25, -0.2) is 4.39 Å². The lowest BCUT2D eigenvalue weighted by molar-refractivity contribution is 0.365. The second-order valence-corrected chi connectivity index (χ2v) is 4.24. The smallest absolute Gasteiger partial charge is 0.174 e. The van der Waals surface area contributed by atoms with Crippen molar-refractivity contribution < 1.29 is 9.13 Å². The second kappa shape index (κ2) is 6.07. The molecule has 0 unspecified atom stereocenters. The Hall–Kier alpha value is -2.54. The van der Waals surface area contributed by atoms with E-state index in [1.54, 1.807) is 12.1 Å². The van der Waals surface area contributed by atoms with Gasteiger partial charge in [0.1, 0.15) is 17.6 Å². The molecule has 1 aromatic carbocycles. The highest BCUT2D eigenvalue weighted by Crippen LogP contribution is 2.30. The predicted octanol–water partition coefficient (Wildman–Crippen LogP) is 3.47. The van der Waals surface area contributed by atoms with Gasteiger partial charge in [-0.1, -0.05) is 12.7 Å². The van der Waals surface area contributed by atoms with Gasteiger partial charge >= 0.3 is 0 Å². The van der Waals surface area contributed by atoms with Crippen molar-refractivity contribution in [3.05, 3.63) is 60.1 Å². The van der Waals surface area contributed by atoms with Gasteiger partial charge in [0, 0.05) is 23.9 Å². The van der Waals surface area contributed by atoms with Crippen molar-refractivity contribution in [1.82, 2.24) is 4.90 Å². The number of benzene rings is 1. The molecule has 0 bridgehead atoms. The summed E-state index contributed by atoms with van der Waals surface area (Å²) in [5.74, 6) is -0.0325. The Morgan fingerprint density at radius 1 is 1.45 bits per heavy atom. The molecule has 0 aromatic heterocycles. The van der Waals surface area contributed by atoms with E-state index in [4.69, 9.17) is 10.00 Å². The summed E-state index contributed by atoms with van der Waals surface area (Å²) >= 11 is 0. The first-order valence-corrected chi connectivity index (χ1v) is 6.32. The summed E-state index contributed by atoms with van der Waals surface area (Å²) in [6, 6.07) is 6.46. The largest absolute Gasteiger partial charge is 0.479 e. The fraction of sp³-hybridized carbons (Fsp3) is 0.188. The maximum Gasteiger partial charge on any atom is 0.174 e. The van der Waals surface area contributed by atoms with Crippen LogP contribution in [0.1, 0.15) is 12.5 Å². The van der Waals surface area contributed by atoms with Crippen LogP contribution in [0, 0.1) is 17.1 Å². The topological polar surface area (TPSA) is 36.3 Å². The summed E-state index contributed by atoms with van der Waals surface area (Å²) in [5, 5.41) is 8.45. The molecule has 4 heteroatoms. The number of ether oxygens (including phenoxy) is 1. The van der Waals surface area contributed by atoms with Gasteiger partial charge in [-0.05, 0) is 31.2 Å². The van der Waals surface area contributed by atoms with Crippen LogP contribution in [0.4, 0.5) is 4.39 Å². The zero-order chi connectivity index (χ0) is 14.5. The number of rotatable bonds is 4. The average Bonchev–Trinajstić information content (AvgIpc) is 2.45. The highest BCUT2D eigenvalue weighted by Gasteiger charge is 2.17. The van der Waals surface area contributed by atoms with E-state index in [1.807, 2.05) is 36.1 Å². The van der Waals surface area contributed by atoms with Crippen LogP contribution in [-0.2, 0) is 0 Å². The first kappa shape index (κ1) is 13.9. The Kier molecular flexibility index (Phi) is 4.21. The highest BCUT2D eigenvalue weighted by atomic mass is 19.1. The molecule has 0 amide bonds. The van der Waals surface area contributed by atoms with Gasteiger partial charge in [-0.2, -0.15) is 5.26 Å². The van der Waals surface area contributed by atoms with Crippen molar-refractivity contribution in [3.8, 4) is 11.8 Å². The predicted molar refractivity (Wildman–Crippen MR) is 76.1 cm³/mol. The lowest BCUT2D eigenvalue weighted by atomic mass is 10.1. The molecule has 1 aromatic rings. The average molecular weight is 270 g/mol. The molecule has 0 saturated carbocycles. The van der Waals surface area contributed by atoms with Crippen molar-refractivity contribution >= 4 is 5.70 Å². The minimum Gasteiger partial charge on any atom is -0.479 e. The number of hydrogen-bond acceptors (Lipinski definition) is 3. The second-order valence-electron chi connectivity index (χ2n) is 4.24. The maximum absolute atomic E-state index is 14.2. The Morgan fingerprint density at radius 3 is 2.90 bits per heavy atom. The number of nitriles is 1.